The monoisotopic (exact) mass is 260 g/mol. The van der Waals surface area contributed by atoms with E-state index in [2.05, 4.69) is 20.1 Å². The van der Waals surface area contributed by atoms with Crippen molar-refractivity contribution < 1.29 is 9.90 Å². The molecule has 2 heteroatoms. The third kappa shape index (κ3) is 1.84. The van der Waals surface area contributed by atoms with Crippen molar-refractivity contribution in [3.63, 3.8) is 0 Å². The highest BCUT2D eigenvalue weighted by Crippen LogP contribution is 2.53. The summed E-state index contributed by atoms with van der Waals surface area (Å²) in [5.74, 6) is 1.71. The molecule has 2 nitrogen and oxygen atoms in total. The molecule has 3 fully saturated rings. The molecule has 0 aromatic carbocycles. The van der Waals surface area contributed by atoms with Gasteiger partial charge in [-0.2, -0.15) is 0 Å². The zero-order valence-corrected chi connectivity index (χ0v) is 11.8. The number of rotatable bonds is 0. The van der Waals surface area contributed by atoms with Crippen LogP contribution in [0.25, 0.3) is 0 Å². The summed E-state index contributed by atoms with van der Waals surface area (Å²) in [5.41, 5.74) is 1.62. The van der Waals surface area contributed by atoms with Gasteiger partial charge in [-0.3, -0.25) is 4.79 Å². The van der Waals surface area contributed by atoms with E-state index in [1.165, 1.54) is 19.3 Å². The number of aliphatic hydroxyl groups is 1. The van der Waals surface area contributed by atoms with E-state index in [0.29, 0.717) is 23.7 Å². The highest BCUT2D eigenvalue weighted by Gasteiger charge is 2.52. The van der Waals surface area contributed by atoms with Gasteiger partial charge < -0.3 is 5.11 Å². The van der Waals surface area contributed by atoms with Crippen LogP contribution in [-0.4, -0.2) is 17.0 Å². The molecule has 0 saturated heterocycles. The van der Waals surface area contributed by atoms with Gasteiger partial charge in [0.05, 0.1) is 12.0 Å². The molecule has 1 N–H and O–H groups in total. The zero-order valence-electron chi connectivity index (χ0n) is 11.8. The summed E-state index contributed by atoms with van der Waals surface area (Å²) in [5, 5.41) is 10.4. The third-order valence-corrected chi connectivity index (χ3v) is 5.86. The fourth-order valence-corrected chi connectivity index (χ4v) is 4.90. The number of ketones is 1. The Morgan fingerprint density at radius 3 is 2.53 bits per heavy atom. The molecule has 0 aliphatic heterocycles. The van der Waals surface area contributed by atoms with Gasteiger partial charge in [-0.1, -0.05) is 32.9 Å². The minimum Gasteiger partial charge on any atom is -0.388 e. The van der Waals surface area contributed by atoms with Gasteiger partial charge in [0.2, 0.25) is 0 Å². The smallest absolute Gasteiger partial charge is 0.164 e. The number of Topliss-reactive ketones (excluding diaryl/α,β-unsaturated/α-hetero) is 1. The summed E-state index contributed by atoms with van der Waals surface area (Å²) in [7, 11) is 0. The molecule has 104 valence electrons. The molecule has 3 aliphatic carbocycles. The highest BCUT2D eigenvalue weighted by atomic mass is 16.3. The number of carbonyl (C=O) groups excluding carboxylic acids is 1. The molecule has 0 radical (unpaired) electrons. The minimum atomic E-state index is -0.638. The van der Waals surface area contributed by atoms with E-state index >= 15 is 0 Å². The number of hydrogen-bond acceptors (Lipinski definition) is 2. The lowest BCUT2D eigenvalue weighted by atomic mass is 9.53. The van der Waals surface area contributed by atoms with Crippen molar-refractivity contribution >= 4 is 5.78 Å². The molecule has 3 rings (SSSR count). The van der Waals surface area contributed by atoms with E-state index in [4.69, 9.17) is 0 Å². The summed E-state index contributed by atoms with van der Waals surface area (Å²) in [6, 6.07) is 0. The lowest BCUT2D eigenvalue weighted by Crippen LogP contribution is -2.52. The largest absolute Gasteiger partial charge is 0.388 e. The van der Waals surface area contributed by atoms with Crippen LogP contribution < -0.4 is 0 Å². The maximum absolute atomic E-state index is 12.6. The lowest BCUT2D eigenvalue weighted by Gasteiger charge is -2.51. The van der Waals surface area contributed by atoms with Gasteiger partial charge in [-0.25, -0.2) is 0 Å². The number of aliphatic hydroxyl groups excluding tert-OH is 1. The SMILES string of the molecule is C=C1C(=O)C2C(CCC(=C)[C@@H]2O)C2CCCC(C)C12. The van der Waals surface area contributed by atoms with Crippen LogP contribution >= 0.6 is 0 Å². The van der Waals surface area contributed by atoms with Gasteiger partial charge in [0.1, 0.15) is 0 Å². The van der Waals surface area contributed by atoms with E-state index in [-0.39, 0.29) is 11.7 Å². The Bertz CT molecular complexity index is 437. The predicted molar refractivity (Wildman–Crippen MR) is 75.5 cm³/mol. The first-order valence-electron chi connectivity index (χ1n) is 7.61. The Morgan fingerprint density at radius 1 is 1.11 bits per heavy atom. The van der Waals surface area contributed by atoms with Crippen molar-refractivity contribution in [1.82, 2.24) is 0 Å². The van der Waals surface area contributed by atoms with Crippen LogP contribution in [0.1, 0.15) is 39.0 Å². The molecular weight excluding hydrogens is 236 g/mol. The maximum atomic E-state index is 12.6. The zero-order chi connectivity index (χ0) is 13.7. The van der Waals surface area contributed by atoms with Crippen molar-refractivity contribution in [3.8, 4) is 0 Å². The van der Waals surface area contributed by atoms with Crippen molar-refractivity contribution in [2.24, 2.45) is 29.6 Å². The number of allylic oxidation sites excluding steroid dienone is 1. The fourth-order valence-electron chi connectivity index (χ4n) is 4.90. The van der Waals surface area contributed by atoms with Gasteiger partial charge in [0.25, 0.3) is 0 Å². The van der Waals surface area contributed by atoms with Gasteiger partial charge in [0, 0.05) is 0 Å². The Labute approximate surface area is 115 Å². The van der Waals surface area contributed by atoms with Crippen LogP contribution in [0.2, 0.25) is 0 Å². The normalized spacial score (nSPS) is 46.7. The molecule has 19 heavy (non-hydrogen) atoms. The van der Waals surface area contributed by atoms with E-state index in [9.17, 15) is 9.90 Å². The molecule has 0 bridgehead atoms. The Kier molecular flexibility index (Phi) is 3.17. The van der Waals surface area contributed by atoms with Crippen molar-refractivity contribution in [1.29, 1.82) is 0 Å². The first-order valence-corrected chi connectivity index (χ1v) is 7.61. The Balaban J connectivity index is 1.97. The van der Waals surface area contributed by atoms with Crippen molar-refractivity contribution in [2.75, 3.05) is 0 Å². The molecule has 0 spiro atoms. The molecule has 3 aliphatic rings. The quantitative estimate of drug-likeness (QED) is 0.537. The van der Waals surface area contributed by atoms with Crippen LogP contribution in [-0.2, 0) is 4.79 Å². The summed E-state index contributed by atoms with van der Waals surface area (Å²) < 4.78 is 0. The predicted octanol–water partition coefficient (Wildman–Crippen LogP) is 3.12. The third-order valence-electron chi connectivity index (χ3n) is 5.86. The minimum absolute atomic E-state index is 0.119. The maximum Gasteiger partial charge on any atom is 0.164 e. The van der Waals surface area contributed by atoms with Crippen LogP contribution in [0.5, 0.6) is 0 Å². The second-order valence-electron chi connectivity index (χ2n) is 6.82. The highest BCUT2D eigenvalue weighted by molar-refractivity contribution is 5.99. The average molecular weight is 260 g/mol. The molecule has 0 aromatic heterocycles. The molecule has 0 heterocycles. The summed E-state index contributed by atoms with van der Waals surface area (Å²) in [4.78, 5) is 12.6. The first-order chi connectivity index (χ1) is 9.02. The van der Waals surface area contributed by atoms with Crippen molar-refractivity contribution in [3.05, 3.63) is 24.3 Å². The summed E-state index contributed by atoms with van der Waals surface area (Å²) >= 11 is 0. The summed E-state index contributed by atoms with van der Waals surface area (Å²) in [6.07, 6.45) is 4.92. The first kappa shape index (κ1) is 13.1. The molecule has 3 saturated carbocycles. The van der Waals surface area contributed by atoms with Crippen LogP contribution in [0, 0.1) is 29.6 Å². The van der Waals surface area contributed by atoms with Crippen LogP contribution in [0.15, 0.2) is 24.3 Å². The molecule has 6 atom stereocenters. The standard InChI is InChI=1S/C17H24O2/c1-9-5-4-6-12-13-8-7-10(2)16(18)15(13)17(19)11(3)14(9)12/h9,12-16,18H,2-8H2,1H3/t9?,12?,13?,14?,15?,16-/m0/s1. The van der Waals surface area contributed by atoms with E-state index in [1.807, 2.05) is 0 Å². The van der Waals surface area contributed by atoms with Gasteiger partial charge in [0.15, 0.2) is 5.78 Å². The van der Waals surface area contributed by atoms with Gasteiger partial charge >= 0.3 is 0 Å². The molecular formula is C17H24O2. The molecule has 5 unspecified atom stereocenters. The lowest BCUT2D eigenvalue weighted by molar-refractivity contribution is -0.133. The average Bonchev–Trinajstić information content (AvgIpc) is 2.39. The van der Waals surface area contributed by atoms with Gasteiger partial charge in [-0.15, -0.1) is 0 Å². The molecule has 0 amide bonds. The fraction of sp³-hybridized carbons (Fsp3) is 0.706. The van der Waals surface area contributed by atoms with E-state index in [1.54, 1.807) is 0 Å². The Morgan fingerprint density at radius 2 is 1.79 bits per heavy atom. The number of fused-ring (bicyclic) bond motifs is 3. The second kappa shape index (κ2) is 4.59. The Hall–Kier alpha value is -0.890. The molecule has 0 aromatic rings. The summed E-state index contributed by atoms with van der Waals surface area (Å²) in [6.45, 7) is 10.3. The van der Waals surface area contributed by atoms with Crippen molar-refractivity contribution in [2.45, 2.75) is 45.1 Å². The topological polar surface area (TPSA) is 37.3 Å². The van der Waals surface area contributed by atoms with Crippen LogP contribution in [0.3, 0.4) is 0 Å². The van der Waals surface area contributed by atoms with E-state index < -0.39 is 6.10 Å². The number of hydrogen-bond donors (Lipinski definition) is 1. The van der Waals surface area contributed by atoms with E-state index in [0.717, 1.165) is 24.0 Å². The number of carbonyl (C=O) groups is 1. The van der Waals surface area contributed by atoms with Gasteiger partial charge in [-0.05, 0) is 54.1 Å². The second-order valence-corrected chi connectivity index (χ2v) is 6.82. The van der Waals surface area contributed by atoms with Crippen LogP contribution in [0.4, 0.5) is 0 Å².